The summed E-state index contributed by atoms with van der Waals surface area (Å²) in [4.78, 5) is 0. The number of hydrogen-bond donors (Lipinski definition) is 2. The molecule has 0 aliphatic rings. The third-order valence-corrected chi connectivity index (χ3v) is 2.76. The number of benzene rings is 2. The minimum atomic E-state index is -0.781. The highest BCUT2D eigenvalue weighted by atomic mass is 19.1. The van der Waals surface area contributed by atoms with Crippen molar-refractivity contribution in [2.24, 2.45) is 0 Å². The van der Waals surface area contributed by atoms with Gasteiger partial charge in [-0.1, -0.05) is 0 Å². The first-order valence-corrected chi connectivity index (χ1v) is 5.67. The summed E-state index contributed by atoms with van der Waals surface area (Å²) in [5, 5.41) is 11.9. The van der Waals surface area contributed by atoms with Crippen LogP contribution in [0.1, 0.15) is 18.5 Å². The predicted molar refractivity (Wildman–Crippen MR) is 66.5 cm³/mol. The number of phenolic OH excluding ortho intramolecular Hbond substituents is 1. The van der Waals surface area contributed by atoms with Crippen LogP contribution >= 0.6 is 0 Å². The molecular weight excluding hydrogens is 255 g/mol. The highest BCUT2D eigenvalue weighted by molar-refractivity contribution is 5.48. The quantitative estimate of drug-likeness (QED) is 0.824. The molecule has 2 rings (SSSR count). The highest BCUT2D eigenvalue weighted by Gasteiger charge is 2.12. The van der Waals surface area contributed by atoms with Gasteiger partial charge >= 0.3 is 0 Å². The summed E-state index contributed by atoms with van der Waals surface area (Å²) in [7, 11) is 0. The van der Waals surface area contributed by atoms with Gasteiger partial charge in [-0.25, -0.2) is 13.2 Å². The van der Waals surface area contributed by atoms with Gasteiger partial charge in [0.2, 0.25) is 0 Å². The van der Waals surface area contributed by atoms with Gasteiger partial charge in [0.15, 0.2) is 11.6 Å². The summed E-state index contributed by atoms with van der Waals surface area (Å²) >= 11 is 0. The molecule has 5 heteroatoms. The maximum atomic E-state index is 13.5. The van der Waals surface area contributed by atoms with Crippen LogP contribution < -0.4 is 5.32 Å². The Morgan fingerprint density at radius 1 is 1.00 bits per heavy atom. The topological polar surface area (TPSA) is 32.3 Å². The smallest absolute Gasteiger partial charge is 0.166 e. The lowest BCUT2D eigenvalue weighted by Crippen LogP contribution is -2.09. The van der Waals surface area contributed by atoms with Crippen LogP contribution in [0.4, 0.5) is 18.9 Å². The molecular formula is C14H12F3NO. The fourth-order valence-electron chi connectivity index (χ4n) is 1.77. The molecule has 100 valence electrons. The Hall–Kier alpha value is -2.17. The van der Waals surface area contributed by atoms with Gasteiger partial charge in [-0.05, 0) is 37.3 Å². The monoisotopic (exact) mass is 267 g/mol. The Kier molecular flexibility index (Phi) is 3.64. The van der Waals surface area contributed by atoms with Crippen molar-refractivity contribution in [1.29, 1.82) is 0 Å². The minimum absolute atomic E-state index is 0.147. The van der Waals surface area contributed by atoms with Gasteiger partial charge in [-0.2, -0.15) is 0 Å². The van der Waals surface area contributed by atoms with Gasteiger partial charge in [0.05, 0.1) is 6.04 Å². The molecule has 2 aromatic carbocycles. The Morgan fingerprint density at radius 2 is 1.74 bits per heavy atom. The van der Waals surface area contributed by atoms with E-state index in [9.17, 15) is 13.2 Å². The van der Waals surface area contributed by atoms with Crippen molar-refractivity contribution < 1.29 is 18.3 Å². The molecule has 0 bridgehead atoms. The van der Waals surface area contributed by atoms with E-state index in [1.54, 1.807) is 6.92 Å². The molecule has 1 atom stereocenters. The normalized spacial score (nSPS) is 12.2. The zero-order chi connectivity index (χ0) is 14.0. The Morgan fingerprint density at radius 3 is 2.42 bits per heavy atom. The number of halogens is 3. The lowest BCUT2D eigenvalue weighted by atomic mass is 10.1. The van der Waals surface area contributed by atoms with Crippen molar-refractivity contribution in [3.05, 3.63) is 59.4 Å². The van der Waals surface area contributed by atoms with E-state index in [1.807, 2.05) is 0 Å². The number of phenols is 1. The molecule has 0 aromatic heterocycles. The first-order chi connectivity index (χ1) is 8.97. The zero-order valence-corrected chi connectivity index (χ0v) is 10.1. The molecule has 0 saturated heterocycles. The number of anilines is 1. The van der Waals surface area contributed by atoms with E-state index in [0.29, 0.717) is 5.69 Å². The maximum absolute atomic E-state index is 13.5. The van der Waals surface area contributed by atoms with Crippen LogP contribution in [0, 0.1) is 17.5 Å². The second-order valence-corrected chi connectivity index (χ2v) is 4.20. The molecule has 0 radical (unpaired) electrons. The molecule has 0 amide bonds. The fraction of sp³-hybridized carbons (Fsp3) is 0.143. The molecule has 19 heavy (non-hydrogen) atoms. The van der Waals surface area contributed by atoms with E-state index >= 15 is 0 Å². The number of rotatable bonds is 3. The van der Waals surface area contributed by atoms with E-state index < -0.39 is 29.2 Å². The van der Waals surface area contributed by atoms with Crippen molar-refractivity contribution in [1.82, 2.24) is 0 Å². The predicted octanol–water partition coefficient (Wildman–Crippen LogP) is 3.98. The summed E-state index contributed by atoms with van der Waals surface area (Å²) in [6.45, 7) is 1.63. The Balaban J connectivity index is 2.22. The van der Waals surface area contributed by atoms with Gasteiger partial charge < -0.3 is 10.4 Å². The standard InChI is InChI=1S/C14H12F3NO/c1-8(11-6-9(15)2-4-12(11)16)18-10-3-5-14(19)13(17)7-10/h2-8,18-19H,1H3. The minimum Gasteiger partial charge on any atom is -0.505 e. The summed E-state index contributed by atoms with van der Waals surface area (Å²) in [6.07, 6.45) is 0. The molecule has 2 aromatic rings. The van der Waals surface area contributed by atoms with Gasteiger partial charge in [-0.15, -0.1) is 0 Å². The maximum Gasteiger partial charge on any atom is 0.166 e. The SMILES string of the molecule is CC(Nc1ccc(O)c(F)c1)c1cc(F)ccc1F. The average Bonchev–Trinajstić information content (AvgIpc) is 2.36. The molecule has 1 unspecified atom stereocenters. The average molecular weight is 267 g/mol. The number of aromatic hydroxyl groups is 1. The van der Waals surface area contributed by atoms with Crippen LogP contribution in [-0.2, 0) is 0 Å². The van der Waals surface area contributed by atoms with E-state index in [1.165, 1.54) is 12.1 Å². The van der Waals surface area contributed by atoms with E-state index in [0.717, 1.165) is 24.3 Å². The molecule has 0 aliphatic heterocycles. The van der Waals surface area contributed by atoms with Gasteiger partial charge in [0.25, 0.3) is 0 Å². The number of nitrogens with one attached hydrogen (secondary N) is 1. The molecule has 2 nitrogen and oxygen atoms in total. The van der Waals surface area contributed by atoms with Crippen LogP contribution in [0.25, 0.3) is 0 Å². The molecule has 0 spiro atoms. The van der Waals surface area contributed by atoms with E-state index in [-0.39, 0.29) is 5.56 Å². The summed E-state index contributed by atoms with van der Waals surface area (Å²) in [5.74, 6) is -2.32. The Labute approximate surface area is 108 Å². The second-order valence-electron chi connectivity index (χ2n) is 4.20. The zero-order valence-electron chi connectivity index (χ0n) is 10.1. The van der Waals surface area contributed by atoms with Crippen molar-refractivity contribution in [2.45, 2.75) is 13.0 Å². The van der Waals surface area contributed by atoms with Crippen molar-refractivity contribution in [2.75, 3.05) is 5.32 Å². The second kappa shape index (κ2) is 5.22. The first-order valence-electron chi connectivity index (χ1n) is 5.67. The third kappa shape index (κ3) is 2.99. The highest BCUT2D eigenvalue weighted by Crippen LogP contribution is 2.25. The molecule has 0 heterocycles. The van der Waals surface area contributed by atoms with E-state index in [2.05, 4.69) is 5.32 Å². The van der Waals surface area contributed by atoms with Crippen LogP contribution in [-0.4, -0.2) is 5.11 Å². The molecule has 0 aliphatic carbocycles. The van der Waals surface area contributed by atoms with Crippen LogP contribution in [0.5, 0.6) is 5.75 Å². The Bertz CT molecular complexity index is 601. The molecule has 2 N–H and O–H groups in total. The lowest BCUT2D eigenvalue weighted by Gasteiger charge is -2.16. The van der Waals surface area contributed by atoms with Gasteiger partial charge in [0.1, 0.15) is 11.6 Å². The fourth-order valence-corrected chi connectivity index (χ4v) is 1.77. The molecule has 0 saturated carbocycles. The molecule has 0 fully saturated rings. The lowest BCUT2D eigenvalue weighted by molar-refractivity contribution is 0.432. The van der Waals surface area contributed by atoms with Crippen LogP contribution in [0.3, 0.4) is 0 Å². The van der Waals surface area contributed by atoms with Gasteiger partial charge in [-0.3, -0.25) is 0 Å². The van der Waals surface area contributed by atoms with Crippen molar-refractivity contribution in [3.63, 3.8) is 0 Å². The largest absolute Gasteiger partial charge is 0.505 e. The summed E-state index contributed by atoms with van der Waals surface area (Å²) in [6, 6.07) is 6.34. The van der Waals surface area contributed by atoms with Crippen LogP contribution in [0.2, 0.25) is 0 Å². The third-order valence-electron chi connectivity index (χ3n) is 2.76. The first kappa shape index (κ1) is 13.3. The van der Waals surface area contributed by atoms with Crippen molar-refractivity contribution in [3.8, 4) is 5.75 Å². The number of hydrogen-bond acceptors (Lipinski definition) is 2. The van der Waals surface area contributed by atoms with Gasteiger partial charge in [0, 0.05) is 17.3 Å². The van der Waals surface area contributed by atoms with E-state index in [4.69, 9.17) is 5.11 Å². The van der Waals surface area contributed by atoms with Crippen LogP contribution in [0.15, 0.2) is 36.4 Å². The summed E-state index contributed by atoms with van der Waals surface area (Å²) < 4.78 is 39.8. The summed E-state index contributed by atoms with van der Waals surface area (Å²) in [5.41, 5.74) is 0.514. The van der Waals surface area contributed by atoms with Crippen molar-refractivity contribution >= 4 is 5.69 Å².